The topological polar surface area (TPSA) is 70.6 Å². The van der Waals surface area contributed by atoms with Crippen molar-refractivity contribution in [2.75, 3.05) is 5.32 Å². The fraction of sp³-hybridized carbons (Fsp3) is 0.211. The molecule has 0 fully saturated rings. The highest BCUT2D eigenvalue weighted by Gasteiger charge is 2.12. The van der Waals surface area contributed by atoms with Crippen LogP contribution in [0.2, 0.25) is 5.02 Å². The lowest BCUT2D eigenvalue weighted by molar-refractivity contribution is -0.136. The number of carbonyl (C=O) groups excluding carboxylic acids is 2. The molecule has 2 rings (SSSR count). The van der Waals surface area contributed by atoms with E-state index in [1.807, 2.05) is 12.1 Å². The molecular weight excluding hydrogens is 338 g/mol. The number of hydrogen-bond donors (Lipinski definition) is 2. The van der Waals surface area contributed by atoms with E-state index in [0.717, 1.165) is 19.3 Å². The molecule has 2 amide bonds. The molecule has 0 saturated heterocycles. The molecule has 6 heteroatoms. The molecular formula is C19H20ClN3O2. The molecule has 25 heavy (non-hydrogen) atoms. The first-order valence-electron chi connectivity index (χ1n) is 8.08. The summed E-state index contributed by atoms with van der Waals surface area (Å²) >= 11 is 5.97. The molecule has 0 aromatic heterocycles. The van der Waals surface area contributed by atoms with Crippen LogP contribution < -0.4 is 10.7 Å². The Balaban J connectivity index is 1.85. The predicted octanol–water partition coefficient (Wildman–Crippen LogP) is 3.77. The summed E-state index contributed by atoms with van der Waals surface area (Å²) in [6.45, 7) is 2.14. The third-order valence-electron chi connectivity index (χ3n) is 3.51. The summed E-state index contributed by atoms with van der Waals surface area (Å²) in [5.41, 5.74) is 4.59. The number of amides is 2. The van der Waals surface area contributed by atoms with Crippen molar-refractivity contribution in [1.29, 1.82) is 0 Å². The lowest BCUT2D eigenvalue weighted by Gasteiger charge is -2.05. The molecule has 0 aliphatic rings. The summed E-state index contributed by atoms with van der Waals surface area (Å²) in [4.78, 5) is 23.6. The van der Waals surface area contributed by atoms with Gasteiger partial charge in [0.2, 0.25) is 0 Å². The summed E-state index contributed by atoms with van der Waals surface area (Å²) in [5, 5.41) is 6.78. The van der Waals surface area contributed by atoms with E-state index in [4.69, 9.17) is 11.6 Å². The summed E-state index contributed by atoms with van der Waals surface area (Å²) in [7, 11) is 0. The van der Waals surface area contributed by atoms with Crippen molar-refractivity contribution in [3.05, 3.63) is 64.7 Å². The second-order valence-corrected chi connectivity index (χ2v) is 5.88. The Hall–Kier alpha value is -2.66. The monoisotopic (exact) mass is 357 g/mol. The molecule has 0 radical (unpaired) electrons. The van der Waals surface area contributed by atoms with Gasteiger partial charge in [0, 0.05) is 16.3 Å². The van der Waals surface area contributed by atoms with Crippen molar-refractivity contribution >= 4 is 35.3 Å². The highest BCUT2D eigenvalue weighted by Crippen LogP contribution is 2.13. The molecule has 0 unspecified atom stereocenters. The van der Waals surface area contributed by atoms with E-state index < -0.39 is 11.8 Å². The minimum Gasteiger partial charge on any atom is -0.318 e. The van der Waals surface area contributed by atoms with Crippen molar-refractivity contribution in [3.63, 3.8) is 0 Å². The summed E-state index contributed by atoms with van der Waals surface area (Å²) < 4.78 is 0. The lowest BCUT2D eigenvalue weighted by Crippen LogP contribution is -2.32. The zero-order chi connectivity index (χ0) is 18.1. The molecule has 130 valence electrons. The predicted molar refractivity (Wildman–Crippen MR) is 101 cm³/mol. The number of nitrogens with one attached hydrogen (secondary N) is 2. The van der Waals surface area contributed by atoms with Gasteiger partial charge in [-0.05, 0) is 36.6 Å². The van der Waals surface area contributed by atoms with Crippen LogP contribution in [0.25, 0.3) is 0 Å². The van der Waals surface area contributed by atoms with Gasteiger partial charge in [-0.2, -0.15) is 5.10 Å². The standard InChI is InChI=1S/C19H20ClN3O2/c1-2-3-6-14-9-11-16(12-10-14)22-18(24)19(25)23-21-13-15-7-4-5-8-17(15)20/h4-5,7-13H,2-3,6H2,1H3,(H,22,24)(H,23,25). The molecule has 2 aromatic rings. The van der Waals surface area contributed by atoms with Gasteiger partial charge in [0.15, 0.2) is 0 Å². The van der Waals surface area contributed by atoms with Crippen LogP contribution in [-0.4, -0.2) is 18.0 Å². The van der Waals surface area contributed by atoms with E-state index in [2.05, 4.69) is 22.8 Å². The van der Waals surface area contributed by atoms with Crippen LogP contribution in [0, 0.1) is 0 Å². The number of rotatable bonds is 6. The van der Waals surface area contributed by atoms with Crippen molar-refractivity contribution in [1.82, 2.24) is 5.43 Å². The Morgan fingerprint density at radius 3 is 2.48 bits per heavy atom. The van der Waals surface area contributed by atoms with Crippen molar-refractivity contribution < 1.29 is 9.59 Å². The van der Waals surface area contributed by atoms with E-state index in [0.29, 0.717) is 16.3 Å². The molecule has 5 nitrogen and oxygen atoms in total. The second kappa shape index (κ2) is 9.59. The molecule has 0 heterocycles. The third-order valence-corrected chi connectivity index (χ3v) is 3.86. The molecule has 0 spiro atoms. The van der Waals surface area contributed by atoms with Gasteiger partial charge in [-0.15, -0.1) is 0 Å². The minimum atomic E-state index is -0.849. The smallest absolute Gasteiger partial charge is 0.318 e. The van der Waals surface area contributed by atoms with Gasteiger partial charge in [0.05, 0.1) is 6.21 Å². The fourth-order valence-electron chi connectivity index (χ4n) is 2.11. The van der Waals surface area contributed by atoms with E-state index >= 15 is 0 Å². The van der Waals surface area contributed by atoms with Gasteiger partial charge in [-0.1, -0.05) is 55.3 Å². The van der Waals surface area contributed by atoms with E-state index in [9.17, 15) is 9.59 Å². The summed E-state index contributed by atoms with van der Waals surface area (Å²) in [5.74, 6) is -1.63. The highest BCUT2D eigenvalue weighted by atomic mass is 35.5. The normalized spacial score (nSPS) is 10.6. The van der Waals surface area contributed by atoms with E-state index in [-0.39, 0.29) is 0 Å². The highest BCUT2D eigenvalue weighted by molar-refractivity contribution is 6.39. The zero-order valence-electron chi connectivity index (χ0n) is 14.0. The Morgan fingerprint density at radius 2 is 1.80 bits per heavy atom. The third kappa shape index (κ3) is 6.04. The molecule has 0 saturated carbocycles. The number of nitrogens with zero attached hydrogens (tertiary/aromatic N) is 1. The van der Waals surface area contributed by atoms with Gasteiger partial charge in [-0.25, -0.2) is 5.43 Å². The first-order valence-corrected chi connectivity index (χ1v) is 8.46. The number of aryl methyl sites for hydroxylation is 1. The van der Waals surface area contributed by atoms with Gasteiger partial charge < -0.3 is 5.32 Å². The van der Waals surface area contributed by atoms with Crippen LogP contribution in [0.5, 0.6) is 0 Å². The molecule has 0 atom stereocenters. The van der Waals surface area contributed by atoms with Crippen LogP contribution in [0.15, 0.2) is 53.6 Å². The van der Waals surface area contributed by atoms with Crippen LogP contribution >= 0.6 is 11.6 Å². The number of anilines is 1. The maximum absolute atomic E-state index is 11.9. The summed E-state index contributed by atoms with van der Waals surface area (Å²) in [6, 6.07) is 14.5. The summed E-state index contributed by atoms with van der Waals surface area (Å²) in [6.07, 6.45) is 4.64. The van der Waals surface area contributed by atoms with Crippen LogP contribution in [0.3, 0.4) is 0 Å². The minimum absolute atomic E-state index is 0.508. The van der Waals surface area contributed by atoms with Crippen LogP contribution in [0.1, 0.15) is 30.9 Å². The van der Waals surface area contributed by atoms with E-state index in [1.165, 1.54) is 11.8 Å². The van der Waals surface area contributed by atoms with Crippen LogP contribution in [0.4, 0.5) is 5.69 Å². The van der Waals surface area contributed by atoms with Gasteiger partial charge in [0.25, 0.3) is 0 Å². The Bertz CT molecular complexity index is 758. The molecule has 0 aliphatic heterocycles. The lowest BCUT2D eigenvalue weighted by atomic mass is 10.1. The number of benzene rings is 2. The molecule has 0 aliphatic carbocycles. The number of hydrazone groups is 1. The van der Waals surface area contributed by atoms with Gasteiger partial charge >= 0.3 is 11.8 Å². The zero-order valence-corrected chi connectivity index (χ0v) is 14.7. The largest absolute Gasteiger partial charge is 0.329 e. The maximum Gasteiger partial charge on any atom is 0.329 e. The van der Waals surface area contributed by atoms with Crippen molar-refractivity contribution in [2.45, 2.75) is 26.2 Å². The van der Waals surface area contributed by atoms with Crippen molar-refractivity contribution in [2.24, 2.45) is 5.10 Å². The quantitative estimate of drug-likeness (QED) is 0.469. The van der Waals surface area contributed by atoms with Gasteiger partial charge in [-0.3, -0.25) is 9.59 Å². The molecule has 2 N–H and O–H groups in total. The molecule has 0 bridgehead atoms. The average Bonchev–Trinajstić information content (AvgIpc) is 2.62. The Labute approximate surface area is 152 Å². The first kappa shape index (κ1) is 18.7. The first-order chi connectivity index (χ1) is 12.1. The average molecular weight is 358 g/mol. The SMILES string of the molecule is CCCCc1ccc(NC(=O)C(=O)NN=Cc2ccccc2Cl)cc1. The molecule has 2 aromatic carbocycles. The number of carbonyl (C=O) groups is 2. The van der Waals surface area contributed by atoms with E-state index in [1.54, 1.807) is 36.4 Å². The maximum atomic E-state index is 11.9. The Morgan fingerprint density at radius 1 is 1.08 bits per heavy atom. The van der Waals surface area contributed by atoms with Gasteiger partial charge in [0.1, 0.15) is 0 Å². The number of hydrogen-bond acceptors (Lipinski definition) is 3. The Kier molecular flexibility index (Phi) is 7.16. The van der Waals surface area contributed by atoms with Crippen LogP contribution in [-0.2, 0) is 16.0 Å². The number of unbranched alkanes of at least 4 members (excludes halogenated alkanes) is 1. The number of halogens is 1. The second-order valence-electron chi connectivity index (χ2n) is 5.48. The fourth-order valence-corrected chi connectivity index (χ4v) is 2.30. The van der Waals surface area contributed by atoms with Crippen molar-refractivity contribution in [3.8, 4) is 0 Å².